The molecule has 0 radical (unpaired) electrons. The first-order valence-electron chi connectivity index (χ1n) is 8.34. The monoisotopic (exact) mass is 415 g/mol. The van der Waals surface area contributed by atoms with Crippen molar-refractivity contribution in [2.75, 3.05) is 12.4 Å². The van der Waals surface area contributed by atoms with E-state index in [0.29, 0.717) is 6.07 Å². The van der Waals surface area contributed by atoms with Gasteiger partial charge in [0.1, 0.15) is 22.9 Å². The number of halogens is 4. The Balaban J connectivity index is 2.33. The van der Waals surface area contributed by atoms with E-state index in [2.05, 4.69) is 10.1 Å². The molecule has 29 heavy (non-hydrogen) atoms. The van der Waals surface area contributed by atoms with Gasteiger partial charge in [0.15, 0.2) is 6.10 Å². The quantitative estimate of drug-likeness (QED) is 0.534. The minimum absolute atomic E-state index is 0.163. The summed E-state index contributed by atoms with van der Waals surface area (Å²) in [6.07, 6.45) is -8.52. The predicted molar refractivity (Wildman–Crippen MR) is 94.6 cm³/mol. The molecule has 6 nitrogen and oxygen atoms in total. The topological polar surface area (TPSA) is 73.9 Å². The highest BCUT2D eigenvalue weighted by Crippen LogP contribution is 2.33. The maximum atomic E-state index is 14.3. The average molecular weight is 415 g/mol. The third kappa shape index (κ3) is 5.84. The number of methoxy groups -OCH3 is 1. The second-order valence-corrected chi connectivity index (χ2v) is 5.70. The number of hydrogen-bond donors (Lipinski definition) is 1. The molecular formula is C19H17F4NO5. The molecule has 1 N–H and O–H groups in total. The summed E-state index contributed by atoms with van der Waals surface area (Å²) in [6, 6.07) is 9.21. The summed E-state index contributed by atoms with van der Waals surface area (Å²) in [4.78, 5) is 23.8. The van der Waals surface area contributed by atoms with Crippen molar-refractivity contribution in [3.8, 4) is 11.5 Å². The van der Waals surface area contributed by atoms with E-state index >= 15 is 0 Å². The van der Waals surface area contributed by atoms with Crippen molar-refractivity contribution < 1.29 is 41.4 Å². The zero-order valence-corrected chi connectivity index (χ0v) is 15.4. The summed E-state index contributed by atoms with van der Waals surface area (Å²) in [5.41, 5.74) is -1.10. The van der Waals surface area contributed by atoms with E-state index in [9.17, 15) is 27.2 Å². The fourth-order valence-corrected chi connectivity index (χ4v) is 2.28. The van der Waals surface area contributed by atoms with Crippen molar-refractivity contribution in [3.63, 3.8) is 0 Å². The molecular weight excluding hydrogens is 398 g/mol. The summed E-state index contributed by atoms with van der Waals surface area (Å²) in [7, 11) is 0.981. The van der Waals surface area contributed by atoms with E-state index in [1.165, 1.54) is 19.1 Å². The molecule has 1 amide bonds. The Morgan fingerprint density at radius 2 is 1.79 bits per heavy atom. The van der Waals surface area contributed by atoms with Crippen LogP contribution in [0.3, 0.4) is 0 Å². The SMILES string of the molecule is CC[C@H](Oc1cc(NC(=O)Oc2ccccc2)c(F)cc1C(=O)OC)C(F)(F)F. The Morgan fingerprint density at radius 1 is 1.14 bits per heavy atom. The minimum atomic E-state index is -4.73. The third-order valence-corrected chi connectivity index (χ3v) is 3.67. The van der Waals surface area contributed by atoms with Crippen molar-refractivity contribution in [2.24, 2.45) is 0 Å². The van der Waals surface area contributed by atoms with Gasteiger partial charge >= 0.3 is 18.2 Å². The second-order valence-electron chi connectivity index (χ2n) is 5.70. The Bertz CT molecular complexity index is 871. The van der Waals surface area contributed by atoms with Crippen molar-refractivity contribution in [1.82, 2.24) is 0 Å². The number of hydrogen-bond acceptors (Lipinski definition) is 5. The van der Waals surface area contributed by atoms with Gasteiger partial charge in [-0.2, -0.15) is 13.2 Å². The highest BCUT2D eigenvalue weighted by Gasteiger charge is 2.41. The second kappa shape index (κ2) is 9.26. The molecule has 0 aliphatic carbocycles. The van der Waals surface area contributed by atoms with Gasteiger partial charge in [0.2, 0.25) is 0 Å². The van der Waals surface area contributed by atoms with Crippen LogP contribution in [0.2, 0.25) is 0 Å². The number of nitrogens with one attached hydrogen (secondary N) is 1. The maximum absolute atomic E-state index is 14.3. The van der Waals surface area contributed by atoms with Gasteiger partial charge in [0.05, 0.1) is 12.8 Å². The Hall–Kier alpha value is -3.30. The highest BCUT2D eigenvalue weighted by atomic mass is 19.4. The summed E-state index contributed by atoms with van der Waals surface area (Å²) < 4.78 is 67.8. The van der Waals surface area contributed by atoms with Crippen LogP contribution < -0.4 is 14.8 Å². The molecule has 0 fully saturated rings. The first-order valence-corrected chi connectivity index (χ1v) is 8.34. The van der Waals surface area contributed by atoms with Crippen molar-refractivity contribution in [2.45, 2.75) is 25.6 Å². The molecule has 0 aliphatic rings. The molecule has 0 saturated carbocycles. The Labute approximate surface area is 163 Å². The van der Waals surface area contributed by atoms with Gasteiger partial charge in [-0.3, -0.25) is 5.32 Å². The van der Waals surface area contributed by atoms with Gasteiger partial charge in [-0.25, -0.2) is 14.0 Å². The average Bonchev–Trinajstić information content (AvgIpc) is 2.67. The van der Waals surface area contributed by atoms with Gasteiger partial charge < -0.3 is 14.2 Å². The Morgan fingerprint density at radius 3 is 2.34 bits per heavy atom. The van der Waals surface area contributed by atoms with E-state index in [0.717, 1.165) is 13.2 Å². The molecule has 2 aromatic carbocycles. The van der Waals surface area contributed by atoms with Crippen LogP contribution in [0.1, 0.15) is 23.7 Å². The highest BCUT2D eigenvalue weighted by molar-refractivity contribution is 5.94. The Kier molecular flexibility index (Phi) is 7.03. The summed E-state index contributed by atoms with van der Waals surface area (Å²) in [5, 5.41) is 2.06. The van der Waals surface area contributed by atoms with E-state index in [1.807, 2.05) is 0 Å². The molecule has 0 aromatic heterocycles. The van der Waals surface area contributed by atoms with Crippen LogP contribution in [0.25, 0.3) is 0 Å². The zero-order chi connectivity index (χ0) is 21.6. The van der Waals surface area contributed by atoms with Crippen molar-refractivity contribution in [1.29, 1.82) is 0 Å². The number of esters is 1. The number of carbonyl (C=O) groups is 2. The number of benzene rings is 2. The van der Waals surface area contributed by atoms with Crippen LogP contribution >= 0.6 is 0 Å². The van der Waals surface area contributed by atoms with Gasteiger partial charge in [-0.15, -0.1) is 0 Å². The first kappa shape index (κ1) is 22.0. The summed E-state index contributed by atoms with van der Waals surface area (Å²) in [5.74, 6) is -2.63. The third-order valence-electron chi connectivity index (χ3n) is 3.67. The van der Waals surface area contributed by atoms with Crippen molar-refractivity contribution in [3.05, 3.63) is 53.8 Å². The lowest BCUT2D eigenvalue weighted by Crippen LogP contribution is -2.34. The molecule has 2 aromatic rings. The fourth-order valence-electron chi connectivity index (χ4n) is 2.28. The molecule has 0 saturated heterocycles. The number of carbonyl (C=O) groups excluding carboxylic acids is 2. The van der Waals surface area contributed by atoms with Gasteiger partial charge in [0.25, 0.3) is 0 Å². The molecule has 2 rings (SSSR count). The number of para-hydroxylation sites is 1. The summed E-state index contributed by atoms with van der Waals surface area (Å²) in [6.45, 7) is 1.23. The molecule has 0 aliphatic heterocycles. The lowest BCUT2D eigenvalue weighted by molar-refractivity contribution is -0.195. The number of rotatable bonds is 6. The van der Waals surface area contributed by atoms with E-state index in [1.54, 1.807) is 18.2 Å². The normalized spacial score (nSPS) is 12.1. The number of anilines is 1. The lowest BCUT2D eigenvalue weighted by Gasteiger charge is -2.22. The lowest BCUT2D eigenvalue weighted by atomic mass is 10.1. The van der Waals surface area contributed by atoms with Crippen LogP contribution in [0.5, 0.6) is 11.5 Å². The fraction of sp³-hybridized carbons (Fsp3) is 0.263. The van der Waals surface area contributed by atoms with Crippen LogP contribution in [-0.4, -0.2) is 31.5 Å². The van der Waals surface area contributed by atoms with E-state index in [-0.39, 0.29) is 5.75 Å². The predicted octanol–water partition coefficient (Wildman–Crippen LogP) is 4.94. The molecule has 0 unspecified atom stereocenters. The van der Waals surface area contributed by atoms with Gasteiger partial charge in [0, 0.05) is 6.07 Å². The van der Waals surface area contributed by atoms with Crippen molar-refractivity contribution >= 4 is 17.7 Å². The van der Waals surface area contributed by atoms with Gasteiger partial charge in [-0.05, 0) is 24.6 Å². The standard InChI is InChI=1S/C19H17F4NO5/c1-3-16(19(21,22)23)29-15-10-14(13(20)9-12(15)17(25)27-2)24-18(26)28-11-7-5-4-6-8-11/h4-10,16H,3H2,1-2H3,(H,24,26)/t16-/m0/s1. The molecule has 0 bridgehead atoms. The molecule has 10 heteroatoms. The smallest absolute Gasteiger partial charge is 0.425 e. The molecule has 156 valence electrons. The molecule has 1 atom stereocenters. The number of ether oxygens (including phenoxy) is 3. The van der Waals surface area contributed by atoms with Crippen LogP contribution in [-0.2, 0) is 4.74 Å². The zero-order valence-electron chi connectivity index (χ0n) is 15.4. The molecule has 0 spiro atoms. The molecule has 0 heterocycles. The van der Waals surface area contributed by atoms with Crippen LogP contribution in [0.15, 0.2) is 42.5 Å². The van der Waals surface area contributed by atoms with Gasteiger partial charge in [-0.1, -0.05) is 25.1 Å². The van der Waals surface area contributed by atoms with Crippen LogP contribution in [0, 0.1) is 5.82 Å². The largest absolute Gasteiger partial charge is 0.480 e. The van der Waals surface area contributed by atoms with Crippen LogP contribution in [0.4, 0.5) is 28.0 Å². The van der Waals surface area contributed by atoms with E-state index < -0.39 is 53.6 Å². The van der Waals surface area contributed by atoms with E-state index in [4.69, 9.17) is 9.47 Å². The maximum Gasteiger partial charge on any atom is 0.425 e. The number of alkyl halides is 3. The number of amides is 1. The summed E-state index contributed by atoms with van der Waals surface area (Å²) >= 11 is 0. The minimum Gasteiger partial charge on any atom is -0.480 e. The first-order chi connectivity index (χ1) is 13.7.